The molecule has 1 aromatic rings. The van der Waals surface area contributed by atoms with Gasteiger partial charge in [0.25, 0.3) is 6.45 Å². The van der Waals surface area contributed by atoms with Crippen LogP contribution in [0.5, 0.6) is 5.75 Å². The second-order valence-corrected chi connectivity index (χ2v) is 6.59. The Morgan fingerprint density at radius 3 is 2.64 bits per heavy atom. The Hall–Kier alpha value is -2.10. The van der Waals surface area contributed by atoms with Crippen molar-refractivity contribution < 1.29 is 45.3 Å². The third-order valence-corrected chi connectivity index (χ3v) is 4.36. The van der Waals surface area contributed by atoms with Crippen LogP contribution in [-0.2, 0) is 30.5 Å². The largest absolute Gasteiger partial charge is 0.463 e. The van der Waals surface area contributed by atoms with E-state index in [1.165, 1.54) is 18.2 Å². The lowest BCUT2D eigenvalue weighted by atomic mass is 9.99. The number of anilines is 1. The van der Waals surface area contributed by atoms with Gasteiger partial charge in [0, 0.05) is 6.42 Å². The summed E-state index contributed by atoms with van der Waals surface area (Å²) in [6, 6.07) is 4.31. The molecule has 0 aromatic heterocycles. The van der Waals surface area contributed by atoms with Crippen LogP contribution in [-0.4, -0.2) is 63.9 Å². The predicted molar refractivity (Wildman–Crippen MR) is 98.2 cm³/mol. The number of ether oxygens (including phenoxy) is 3. The monoisotopic (exact) mass is 416 g/mol. The molecule has 1 aromatic carbocycles. The number of hydrogen-bond donors (Lipinski definition) is 4. The van der Waals surface area contributed by atoms with Gasteiger partial charge in [-0.1, -0.05) is 22.2 Å². The maximum atomic E-state index is 11.8. The summed E-state index contributed by atoms with van der Waals surface area (Å²) < 4.78 is 22.2. The molecule has 4 N–H and O–H groups in total. The molecular weight excluding hydrogens is 393 g/mol. The highest BCUT2D eigenvalue weighted by Gasteiger charge is 2.47. The van der Waals surface area contributed by atoms with Crippen LogP contribution in [0.25, 0.3) is 0 Å². The van der Waals surface area contributed by atoms with Gasteiger partial charge in [-0.2, -0.15) is 0 Å². The molecular formula is C17H22NO9P. The Morgan fingerprint density at radius 2 is 2.04 bits per heavy atom. The number of aliphatic hydroxyl groups is 3. The van der Waals surface area contributed by atoms with Crippen molar-refractivity contribution >= 4 is 32.8 Å². The molecule has 0 aliphatic carbocycles. The molecule has 1 fully saturated rings. The quantitative estimate of drug-likeness (QED) is 0.334. The zero-order valence-corrected chi connectivity index (χ0v) is 16.1. The van der Waals surface area contributed by atoms with Crippen molar-refractivity contribution in [3.8, 4) is 5.75 Å². The first-order valence-corrected chi connectivity index (χ1v) is 8.93. The highest BCUT2D eigenvalue weighted by atomic mass is 31.0. The third kappa shape index (κ3) is 5.24. The van der Waals surface area contributed by atoms with Crippen molar-refractivity contribution in [2.24, 2.45) is 0 Å². The zero-order chi connectivity index (χ0) is 21.7. The van der Waals surface area contributed by atoms with Gasteiger partial charge >= 0.3 is 0 Å². The Balaban J connectivity index is 2.28. The molecule has 6 atom stereocenters. The van der Waals surface area contributed by atoms with Crippen LogP contribution in [0, 0.1) is 0 Å². The summed E-state index contributed by atoms with van der Waals surface area (Å²) in [5, 5.41) is 32.6. The lowest BCUT2D eigenvalue weighted by Crippen LogP contribution is -2.60. The summed E-state index contributed by atoms with van der Waals surface area (Å²) in [6.07, 6.45) is -9.04. The van der Waals surface area contributed by atoms with E-state index >= 15 is 0 Å². The van der Waals surface area contributed by atoms with Crippen molar-refractivity contribution in [3.63, 3.8) is 0 Å². The maximum Gasteiger partial charge on any atom is 0.293 e. The molecule has 28 heavy (non-hydrogen) atoms. The van der Waals surface area contributed by atoms with Crippen molar-refractivity contribution in [1.29, 1.82) is 0 Å². The average Bonchev–Trinajstić information content (AvgIpc) is 2.67. The van der Waals surface area contributed by atoms with Gasteiger partial charge in [-0.25, -0.2) is 0 Å². The van der Waals surface area contributed by atoms with E-state index in [0.717, 1.165) is 0 Å². The van der Waals surface area contributed by atoms with Crippen LogP contribution < -0.4 is 10.1 Å². The third-order valence-electron chi connectivity index (χ3n) is 4.03. The molecule has 154 valence electrons. The number of benzene rings is 1. The van der Waals surface area contributed by atoms with Crippen molar-refractivity contribution in [2.75, 3.05) is 5.32 Å². The van der Waals surface area contributed by atoms with Gasteiger partial charge in [0.2, 0.25) is 12.2 Å². The van der Waals surface area contributed by atoms with E-state index in [2.05, 4.69) is 10.1 Å². The summed E-state index contributed by atoms with van der Waals surface area (Å²) in [5.41, 5.74) is -0.0485. The molecule has 11 heteroatoms. The van der Waals surface area contributed by atoms with Gasteiger partial charge in [-0.05, 0) is 17.7 Å². The smallest absolute Gasteiger partial charge is 0.293 e. The van der Waals surface area contributed by atoms with Crippen molar-refractivity contribution in [2.45, 2.75) is 50.7 Å². The Kier molecular flexibility index (Phi) is 7.30. The topological polar surface area (TPSA) is 152 Å². The molecule has 2 rings (SSSR count). The molecule has 0 saturated carbocycles. The number of carbonyl (C=O) groups is 3. The van der Waals surface area contributed by atoms with Gasteiger partial charge < -0.3 is 34.8 Å². The van der Waals surface area contributed by atoms with Crippen LogP contribution >= 0.6 is 9.24 Å². The maximum absolute atomic E-state index is 11.8. The van der Waals surface area contributed by atoms with Gasteiger partial charge in [0.15, 0.2) is 13.0 Å². The lowest BCUT2D eigenvalue weighted by Gasteiger charge is -2.39. The number of aliphatic hydroxyl groups excluding tert-OH is 3. The number of carbonyl (C=O) groups excluding carboxylic acids is 3. The molecule has 1 saturated heterocycles. The normalized spacial score (nSPS) is 27.5. The molecule has 0 spiro atoms. The first-order chi connectivity index (χ1) is 13.6. The molecule has 0 radical (unpaired) electrons. The Bertz CT molecular complexity index is 777. The fraction of sp³-hybridized carbons (Fsp3) is 0.471. The van der Waals surface area contributed by atoms with E-state index in [1.54, 1.807) is 6.92 Å². The van der Waals surface area contributed by atoms with Crippen LogP contribution in [0.2, 0.25) is 0 Å². The number of amides is 1. The van der Waals surface area contributed by atoms with Gasteiger partial charge in [0.05, 0.1) is 5.69 Å². The van der Waals surface area contributed by atoms with E-state index in [0.29, 0.717) is 5.56 Å². The highest BCUT2D eigenvalue weighted by molar-refractivity contribution is 7.40. The molecule has 1 amide bonds. The highest BCUT2D eigenvalue weighted by Crippen LogP contribution is 2.31. The van der Waals surface area contributed by atoms with Crippen LogP contribution in [0.15, 0.2) is 18.2 Å². The van der Waals surface area contributed by atoms with E-state index in [1.807, 2.05) is 9.24 Å². The Morgan fingerprint density at radius 1 is 1.32 bits per heavy atom. The summed E-state index contributed by atoms with van der Waals surface area (Å²) in [7, 11) is 1.82. The van der Waals surface area contributed by atoms with E-state index < -0.39 is 42.7 Å². The molecule has 10 nitrogen and oxygen atoms in total. The van der Waals surface area contributed by atoms with E-state index in [-0.39, 0.29) is 30.4 Å². The molecule has 1 aliphatic rings. The number of rotatable bonds is 7. The van der Waals surface area contributed by atoms with E-state index in [4.69, 9.17) is 10.8 Å². The minimum atomic E-state index is -1.70. The van der Waals surface area contributed by atoms with Gasteiger partial charge in [0.1, 0.15) is 30.7 Å². The molecule has 1 heterocycles. The molecule has 3 unspecified atom stereocenters. The fourth-order valence-corrected chi connectivity index (χ4v) is 2.80. The van der Waals surface area contributed by atoms with Crippen LogP contribution in [0.3, 0.4) is 0 Å². The van der Waals surface area contributed by atoms with Crippen LogP contribution in [0.1, 0.15) is 20.3 Å². The second kappa shape index (κ2) is 9.90. The molecule has 0 bridgehead atoms. The SMILES string of the molecule is [2H]C(=O)OCc1ccc(O[C@@H]2OC(C(=O)P)[C@@H](O)[C@H](O)C2O)c(NC(=O)CC)c1. The van der Waals surface area contributed by atoms with E-state index in [9.17, 15) is 29.7 Å². The summed E-state index contributed by atoms with van der Waals surface area (Å²) in [6.45, 7) is 1.41. The molecule has 1 aliphatic heterocycles. The van der Waals surface area contributed by atoms with Crippen LogP contribution in [0.4, 0.5) is 5.69 Å². The second-order valence-electron chi connectivity index (χ2n) is 6.02. The minimum absolute atomic E-state index is 0.0374. The predicted octanol–water partition coefficient (Wildman–Crippen LogP) is -0.704. The van der Waals surface area contributed by atoms with Gasteiger partial charge in [-0.15, -0.1) is 0 Å². The fourth-order valence-electron chi connectivity index (χ4n) is 2.52. The van der Waals surface area contributed by atoms with Crippen molar-refractivity contribution in [3.05, 3.63) is 23.8 Å². The number of nitrogens with one attached hydrogen (secondary N) is 1. The first kappa shape index (κ1) is 20.6. The summed E-state index contributed by atoms with van der Waals surface area (Å²) >= 11 is 0. The standard InChI is InChI=1S/C17H22NO9P/c1-2-11(20)18-9-5-8(6-25-7-19)3-4-10(9)26-17-14(23)12(21)13(22)15(27-17)16(24)28/h3-5,7,12-15,17,21-23H,2,6,28H2,1H3,(H,18,20)/t12-,13-,14?,15?,17+/m0/s1/i7D. The Labute approximate surface area is 164 Å². The summed E-state index contributed by atoms with van der Waals surface area (Å²) in [4.78, 5) is 34.1. The van der Waals surface area contributed by atoms with Crippen molar-refractivity contribution in [1.82, 2.24) is 0 Å². The summed E-state index contributed by atoms with van der Waals surface area (Å²) in [5.74, 6) is -0.321. The lowest BCUT2D eigenvalue weighted by molar-refractivity contribution is -0.264. The van der Waals surface area contributed by atoms with Gasteiger partial charge in [-0.3, -0.25) is 14.4 Å². The average molecular weight is 416 g/mol. The first-order valence-electron chi connectivity index (χ1n) is 8.85. The number of hydrogen-bond acceptors (Lipinski definition) is 9. The minimum Gasteiger partial charge on any atom is -0.463 e. The zero-order valence-electron chi connectivity index (χ0n) is 15.9.